The maximum absolute atomic E-state index is 12.5. The minimum absolute atomic E-state index is 0. The average Bonchev–Trinajstić information content (AvgIpc) is 3.07. The van der Waals surface area contributed by atoms with Crippen molar-refractivity contribution in [1.82, 2.24) is 4.90 Å². The summed E-state index contributed by atoms with van der Waals surface area (Å²) in [4.78, 5) is 14.2. The van der Waals surface area contributed by atoms with E-state index in [9.17, 15) is 13.2 Å². The molecule has 24 heavy (non-hydrogen) atoms. The molecular formula is C17H27ClN2O3S. The van der Waals surface area contributed by atoms with Crippen LogP contribution in [-0.2, 0) is 21.2 Å². The van der Waals surface area contributed by atoms with E-state index in [4.69, 9.17) is 5.73 Å². The van der Waals surface area contributed by atoms with Gasteiger partial charge in [-0.05, 0) is 31.4 Å². The first-order chi connectivity index (χ1) is 11.0. The van der Waals surface area contributed by atoms with Gasteiger partial charge in [0, 0.05) is 13.1 Å². The van der Waals surface area contributed by atoms with E-state index >= 15 is 0 Å². The van der Waals surface area contributed by atoms with E-state index in [2.05, 4.69) is 0 Å². The highest BCUT2D eigenvalue weighted by molar-refractivity contribution is 7.92. The highest BCUT2D eigenvalue weighted by atomic mass is 35.5. The number of amides is 1. The van der Waals surface area contributed by atoms with Gasteiger partial charge in [-0.15, -0.1) is 12.4 Å². The Kier molecular flexibility index (Phi) is 8.73. The Labute approximate surface area is 150 Å². The molecule has 1 saturated carbocycles. The van der Waals surface area contributed by atoms with Gasteiger partial charge in [-0.1, -0.05) is 43.2 Å². The largest absolute Gasteiger partial charge is 0.337 e. The SMILES string of the molecule is Cl.NCCCN(Cc1ccccc1)C(=O)CS(=O)(=O)C1CCCC1. The quantitative estimate of drug-likeness (QED) is 0.755. The number of nitrogens with two attached hydrogens (primary N) is 1. The van der Waals surface area contributed by atoms with Crippen molar-refractivity contribution in [3.05, 3.63) is 35.9 Å². The lowest BCUT2D eigenvalue weighted by Crippen LogP contribution is -2.38. The Morgan fingerprint density at radius 2 is 1.79 bits per heavy atom. The molecule has 0 bridgehead atoms. The van der Waals surface area contributed by atoms with Crippen molar-refractivity contribution in [3.8, 4) is 0 Å². The molecule has 1 aliphatic carbocycles. The van der Waals surface area contributed by atoms with Crippen molar-refractivity contribution in [2.45, 2.75) is 43.9 Å². The Morgan fingerprint density at radius 3 is 2.38 bits per heavy atom. The molecule has 0 aliphatic heterocycles. The van der Waals surface area contributed by atoms with Crippen LogP contribution in [0.2, 0.25) is 0 Å². The highest BCUT2D eigenvalue weighted by Gasteiger charge is 2.32. The van der Waals surface area contributed by atoms with Crippen LogP contribution in [0.1, 0.15) is 37.7 Å². The molecular weight excluding hydrogens is 348 g/mol. The molecule has 0 heterocycles. The number of carbonyl (C=O) groups excluding carboxylic acids is 1. The number of rotatable bonds is 8. The second kappa shape index (κ2) is 10.0. The maximum Gasteiger partial charge on any atom is 0.238 e. The van der Waals surface area contributed by atoms with Gasteiger partial charge in [-0.3, -0.25) is 4.79 Å². The molecule has 5 nitrogen and oxygen atoms in total. The fourth-order valence-corrected chi connectivity index (χ4v) is 4.82. The highest BCUT2D eigenvalue weighted by Crippen LogP contribution is 2.25. The first-order valence-corrected chi connectivity index (χ1v) is 9.98. The fraction of sp³-hybridized carbons (Fsp3) is 0.588. The summed E-state index contributed by atoms with van der Waals surface area (Å²) in [5, 5.41) is -0.334. The van der Waals surface area contributed by atoms with Crippen LogP contribution in [-0.4, -0.2) is 43.3 Å². The van der Waals surface area contributed by atoms with E-state index in [1.807, 2.05) is 30.3 Å². The molecule has 136 valence electrons. The first kappa shape index (κ1) is 20.9. The normalized spacial score (nSPS) is 15.0. The summed E-state index contributed by atoms with van der Waals surface area (Å²) in [6, 6.07) is 9.62. The zero-order chi connectivity index (χ0) is 16.7. The van der Waals surface area contributed by atoms with E-state index < -0.39 is 9.84 Å². The Hall–Kier alpha value is -1.11. The van der Waals surface area contributed by atoms with E-state index in [-0.39, 0.29) is 29.3 Å². The van der Waals surface area contributed by atoms with Gasteiger partial charge in [0.25, 0.3) is 0 Å². The molecule has 0 saturated heterocycles. The van der Waals surface area contributed by atoms with Crippen molar-refractivity contribution in [2.24, 2.45) is 5.73 Å². The number of halogens is 1. The van der Waals surface area contributed by atoms with Gasteiger partial charge in [0.2, 0.25) is 5.91 Å². The zero-order valence-electron chi connectivity index (χ0n) is 13.9. The van der Waals surface area contributed by atoms with Crippen LogP contribution >= 0.6 is 12.4 Å². The summed E-state index contributed by atoms with van der Waals surface area (Å²) in [7, 11) is -3.34. The second-order valence-corrected chi connectivity index (χ2v) is 8.44. The van der Waals surface area contributed by atoms with Crippen LogP contribution < -0.4 is 5.73 Å². The predicted molar refractivity (Wildman–Crippen MR) is 98.8 cm³/mol. The predicted octanol–water partition coefficient (Wildman–Crippen LogP) is 2.14. The molecule has 0 atom stereocenters. The number of benzene rings is 1. The van der Waals surface area contributed by atoms with Crippen molar-refractivity contribution in [2.75, 3.05) is 18.8 Å². The molecule has 0 aromatic heterocycles. The molecule has 0 radical (unpaired) electrons. The number of nitrogens with zero attached hydrogens (tertiary/aromatic N) is 1. The van der Waals surface area contributed by atoms with Crippen LogP contribution in [0.3, 0.4) is 0 Å². The molecule has 1 aliphatic rings. The minimum Gasteiger partial charge on any atom is -0.337 e. The van der Waals surface area contributed by atoms with E-state index in [0.717, 1.165) is 18.4 Å². The zero-order valence-corrected chi connectivity index (χ0v) is 15.5. The first-order valence-electron chi connectivity index (χ1n) is 8.26. The average molecular weight is 375 g/mol. The molecule has 2 N–H and O–H groups in total. The molecule has 1 aromatic carbocycles. The lowest BCUT2D eigenvalue weighted by molar-refractivity contribution is -0.129. The third-order valence-corrected chi connectivity index (χ3v) is 6.47. The van der Waals surface area contributed by atoms with Crippen molar-refractivity contribution in [3.63, 3.8) is 0 Å². The van der Waals surface area contributed by atoms with Gasteiger partial charge in [0.1, 0.15) is 5.75 Å². The summed E-state index contributed by atoms with van der Waals surface area (Å²) >= 11 is 0. The van der Waals surface area contributed by atoms with Crippen LogP contribution in [0, 0.1) is 0 Å². The minimum atomic E-state index is -3.34. The summed E-state index contributed by atoms with van der Waals surface area (Å²) in [5.74, 6) is -0.691. The smallest absolute Gasteiger partial charge is 0.238 e. The van der Waals surface area contributed by atoms with Crippen LogP contribution in [0.15, 0.2) is 30.3 Å². The Bertz CT molecular complexity index is 602. The summed E-state index contributed by atoms with van der Waals surface area (Å²) in [6.45, 7) is 1.40. The van der Waals surface area contributed by atoms with Crippen LogP contribution in [0.4, 0.5) is 0 Å². The topological polar surface area (TPSA) is 80.5 Å². The van der Waals surface area contributed by atoms with Crippen molar-refractivity contribution >= 4 is 28.2 Å². The fourth-order valence-electron chi connectivity index (χ4n) is 3.01. The Balaban J connectivity index is 0.00000288. The third-order valence-electron chi connectivity index (χ3n) is 4.34. The second-order valence-electron chi connectivity index (χ2n) is 6.16. The number of hydrogen-bond donors (Lipinski definition) is 1. The molecule has 1 fully saturated rings. The van der Waals surface area contributed by atoms with Crippen molar-refractivity contribution < 1.29 is 13.2 Å². The third kappa shape index (κ3) is 6.07. The van der Waals surface area contributed by atoms with Gasteiger partial charge in [-0.25, -0.2) is 8.42 Å². The van der Waals surface area contributed by atoms with Crippen molar-refractivity contribution in [1.29, 1.82) is 0 Å². The van der Waals surface area contributed by atoms with Gasteiger partial charge in [-0.2, -0.15) is 0 Å². The number of sulfone groups is 1. The summed E-state index contributed by atoms with van der Waals surface area (Å²) < 4.78 is 24.8. The molecule has 1 aromatic rings. The number of carbonyl (C=O) groups is 1. The molecule has 7 heteroatoms. The van der Waals surface area contributed by atoms with E-state index in [1.165, 1.54) is 0 Å². The van der Waals surface area contributed by atoms with E-state index in [1.54, 1.807) is 4.90 Å². The van der Waals surface area contributed by atoms with Gasteiger partial charge in [0.15, 0.2) is 9.84 Å². The van der Waals surface area contributed by atoms with Gasteiger partial charge < -0.3 is 10.6 Å². The van der Waals surface area contributed by atoms with Gasteiger partial charge >= 0.3 is 0 Å². The van der Waals surface area contributed by atoms with Gasteiger partial charge in [0.05, 0.1) is 5.25 Å². The molecule has 0 spiro atoms. The summed E-state index contributed by atoms with van der Waals surface area (Å²) in [6.07, 6.45) is 3.94. The van der Waals surface area contributed by atoms with Crippen LogP contribution in [0.25, 0.3) is 0 Å². The lowest BCUT2D eigenvalue weighted by Gasteiger charge is -2.23. The monoisotopic (exact) mass is 374 g/mol. The summed E-state index contributed by atoms with van der Waals surface area (Å²) in [5.41, 5.74) is 6.54. The standard InChI is InChI=1S/C17H26N2O3S.ClH/c18-11-6-12-19(13-15-7-2-1-3-8-15)17(20)14-23(21,22)16-9-4-5-10-16;/h1-3,7-8,16H,4-6,9-14,18H2;1H. The molecule has 2 rings (SSSR count). The maximum atomic E-state index is 12.5. The lowest BCUT2D eigenvalue weighted by atomic mass is 10.2. The number of hydrogen-bond acceptors (Lipinski definition) is 4. The van der Waals surface area contributed by atoms with E-state index in [0.29, 0.717) is 38.9 Å². The molecule has 1 amide bonds. The Morgan fingerprint density at radius 1 is 1.17 bits per heavy atom. The van der Waals surface area contributed by atoms with Crippen LogP contribution in [0.5, 0.6) is 0 Å². The molecule has 0 unspecified atom stereocenters.